The summed E-state index contributed by atoms with van der Waals surface area (Å²) in [6.45, 7) is 1.87. The van der Waals surface area contributed by atoms with E-state index < -0.39 is 54.6 Å². The Bertz CT molecular complexity index is 1930. The highest BCUT2D eigenvalue weighted by Gasteiger charge is 2.55. The van der Waals surface area contributed by atoms with Crippen molar-refractivity contribution in [2.45, 2.75) is 43.9 Å². The Hall–Kier alpha value is -5.29. The van der Waals surface area contributed by atoms with Gasteiger partial charge in [-0.15, -0.1) is 0 Å². The molecule has 0 N–H and O–H groups in total. The zero-order chi connectivity index (χ0) is 32.3. The van der Waals surface area contributed by atoms with Crippen LogP contribution >= 0.6 is 0 Å². The highest BCUT2D eigenvalue weighted by Crippen LogP contribution is 2.38. The van der Waals surface area contributed by atoms with E-state index in [1.165, 1.54) is 6.07 Å². The normalized spacial score (nSPS) is 23.8. The first-order chi connectivity index (χ1) is 22.9. The molecule has 2 aliphatic rings. The third-order valence-electron chi connectivity index (χ3n) is 8.04. The minimum absolute atomic E-state index is 0.0641. The van der Waals surface area contributed by atoms with Gasteiger partial charge in [0.15, 0.2) is 12.4 Å². The van der Waals surface area contributed by atoms with Gasteiger partial charge in [-0.2, -0.15) is 0 Å². The highest BCUT2D eigenvalue weighted by molar-refractivity contribution is 5.90. The van der Waals surface area contributed by atoms with Crippen molar-refractivity contribution in [3.8, 4) is 5.75 Å². The quantitative estimate of drug-likeness (QED) is 0.161. The fourth-order valence-corrected chi connectivity index (χ4v) is 5.72. The molecule has 4 aromatic carbocycles. The van der Waals surface area contributed by atoms with Gasteiger partial charge in [0.1, 0.15) is 23.5 Å². The second kappa shape index (κ2) is 13.2. The van der Waals surface area contributed by atoms with Gasteiger partial charge >= 0.3 is 17.6 Å². The Morgan fingerprint density at radius 2 is 1.34 bits per heavy atom. The number of benzene rings is 4. The smallest absolute Gasteiger partial charge is 0.338 e. The number of carbonyl (C=O) groups excluding carboxylic acids is 2. The van der Waals surface area contributed by atoms with Gasteiger partial charge in [0, 0.05) is 23.1 Å². The molecule has 0 aliphatic carbocycles. The minimum atomic E-state index is -1.30. The fourth-order valence-electron chi connectivity index (χ4n) is 5.72. The molecule has 47 heavy (non-hydrogen) atoms. The molecule has 5 aromatic rings. The van der Waals surface area contributed by atoms with Crippen molar-refractivity contribution in [3.63, 3.8) is 0 Å². The maximum absolute atomic E-state index is 13.5. The van der Waals surface area contributed by atoms with Crippen molar-refractivity contribution in [2.24, 2.45) is 0 Å². The maximum Gasteiger partial charge on any atom is 0.338 e. The van der Waals surface area contributed by atoms with Crippen molar-refractivity contribution in [2.75, 3.05) is 6.61 Å². The number of hydrogen-bond donors (Lipinski definition) is 0. The Kier molecular flexibility index (Phi) is 8.54. The Labute approximate surface area is 269 Å². The van der Waals surface area contributed by atoms with Crippen molar-refractivity contribution in [3.05, 3.63) is 148 Å². The summed E-state index contributed by atoms with van der Waals surface area (Å²) in [5.41, 5.74) is 1.87. The van der Waals surface area contributed by atoms with Gasteiger partial charge in [-0.1, -0.05) is 66.7 Å². The molecule has 0 amide bonds. The van der Waals surface area contributed by atoms with Gasteiger partial charge in [-0.25, -0.2) is 14.4 Å². The van der Waals surface area contributed by atoms with Crippen LogP contribution in [0.25, 0.3) is 11.0 Å². The minimum Gasteiger partial charge on any atom is -0.461 e. The lowest BCUT2D eigenvalue weighted by atomic mass is 9.96. The molecule has 3 heterocycles. The average molecular weight is 635 g/mol. The van der Waals surface area contributed by atoms with E-state index in [2.05, 4.69) is 0 Å². The number of aryl methyl sites for hydroxylation is 1. The Morgan fingerprint density at radius 1 is 0.723 bits per heavy atom. The number of carbonyl (C=O) groups is 2. The number of esters is 2. The van der Waals surface area contributed by atoms with Gasteiger partial charge in [0.05, 0.1) is 17.7 Å². The molecule has 238 valence electrons. The van der Waals surface area contributed by atoms with Crippen molar-refractivity contribution in [1.29, 1.82) is 0 Å². The molecule has 6 atom stereocenters. The van der Waals surface area contributed by atoms with E-state index in [4.69, 9.17) is 32.8 Å². The predicted octanol–water partition coefficient (Wildman–Crippen LogP) is 5.77. The lowest BCUT2D eigenvalue weighted by molar-refractivity contribution is -0.348. The summed E-state index contributed by atoms with van der Waals surface area (Å²) in [7, 11) is 0. The van der Waals surface area contributed by atoms with Gasteiger partial charge in [-0.05, 0) is 48.9 Å². The predicted molar refractivity (Wildman–Crippen MR) is 168 cm³/mol. The van der Waals surface area contributed by atoms with Crippen molar-refractivity contribution >= 4 is 22.9 Å². The average Bonchev–Trinajstić information content (AvgIpc) is 3.10. The van der Waals surface area contributed by atoms with Crippen molar-refractivity contribution < 1.29 is 42.4 Å². The molecular formula is C37H30O10. The van der Waals surface area contributed by atoms with Crippen LogP contribution in [-0.4, -0.2) is 49.3 Å². The Morgan fingerprint density at radius 3 is 2.00 bits per heavy atom. The second-order valence-corrected chi connectivity index (χ2v) is 11.2. The van der Waals surface area contributed by atoms with E-state index in [1.807, 2.05) is 30.3 Å². The van der Waals surface area contributed by atoms with Crippen LogP contribution in [0.1, 0.15) is 38.1 Å². The summed E-state index contributed by atoms with van der Waals surface area (Å²) < 4.78 is 42.7. The van der Waals surface area contributed by atoms with Crippen LogP contribution in [0.4, 0.5) is 0 Å². The molecule has 0 radical (unpaired) electrons. The first-order valence-corrected chi connectivity index (χ1v) is 15.1. The summed E-state index contributed by atoms with van der Waals surface area (Å²) in [5.74, 6) is -1.06. The molecular weight excluding hydrogens is 604 g/mol. The molecule has 7 rings (SSSR count). The van der Waals surface area contributed by atoms with Crippen LogP contribution < -0.4 is 10.4 Å². The SMILES string of the molecule is Cc1cc(=O)oc2cc(OC3OC4COC(c5ccccc5)OC4C(OC(=O)c4ccccc4)C3OC(=O)c3ccccc3)ccc12. The van der Waals surface area contributed by atoms with Crippen LogP contribution in [0.5, 0.6) is 5.75 Å². The van der Waals surface area contributed by atoms with Gasteiger partial charge in [0.2, 0.25) is 12.4 Å². The summed E-state index contributed by atoms with van der Waals surface area (Å²) in [6.07, 6.45) is -6.25. The molecule has 10 nitrogen and oxygen atoms in total. The summed E-state index contributed by atoms with van der Waals surface area (Å²) in [5, 5.41) is 0.726. The number of hydrogen-bond acceptors (Lipinski definition) is 10. The molecule has 2 aliphatic heterocycles. The molecule has 2 saturated heterocycles. The molecule has 1 aromatic heterocycles. The summed E-state index contributed by atoms with van der Waals surface area (Å²) in [6, 6.07) is 32.6. The van der Waals surface area contributed by atoms with Gasteiger partial charge in [0.25, 0.3) is 0 Å². The zero-order valence-corrected chi connectivity index (χ0v) is 25.2. The molecule has 0 spiro atoms. The molecule has 0 bridgehead atoms. The lowest BCUT2D eigenvalue weighted by Gasteiger charge is -2.48. The van der Waals surface area contributed by atoms with Crippen LogP contribution in [0.15, 0.2) is 124 Å². The first-order valence-electron chi connectivity index (χ1n) is 15.1. The molecule has 10 heteroatoms. The van der Waals surface area contributed by atoms with E-state index in [-0.39, 0.29) is 17.9 Å². The topological polar surface area (TPSA) is 120 Å². The monoisotopic (exact) mass is 634 g/mol. The Balaban J connectivity index is 1.27. The number of rotatable bonds is 7. The summed E-state index contributed by atoms with van der Waals surface area (Å²) >= 11 is 0. The van der Waals surface area contributed by atoms with Crippen LogP contribution in [0.2, 0.25) is 0 Å². The standard InChI is InChI=1S/C37H30O10/c1-22-19-30(38)43-28-20-26(17-18-27(22)28)42-37-33(46-35(40)24-13-7-3-8-14-24)32(45-34(39)23-11-5-2-6-12-23)31-29(44-37)21-41-36(47-31)25-15-9-4-10-16-25/h2-20,29,31-33,36-37H,21H2,1H3. The molecule has 6 unspecified atom stereocenters. The molecule has 0 saturated carbocycles. The van der Waals surface area contributed by atoms with E-state index in [0.29, 0.717) is 11.1 Å². The van der Waals surface area contributed by atoms with Gasteiger partial charge < -0.3 is 32.8 Å². The van der Waals surface area contributed by atoms with E-state index in [0.717, 1.165) is 16.5 Å². The molecule has 2 fully saturated rings. The fraction of sp³-hybridized carbons (Fsp3) is 0.216. The van der Waals surface area contributed by atoms with Gasteiger partial charge in [-0.3, -0.25) is 0 Å². The van der Waals surface area contributed by atoms with E-state index in [9.17, 15) is 14.4 Å². The lowest BCUT2D eigenvalue weighted by Crippen LogP contribution is -2.65. The summed E-state index contributed by atoms with van der Waals surface area (Å²) in [4.78, 5) is 39.2. The third kappa shape index (κ3) is 6.52. The largest absolute Gasteiger partial charge is 0.461 e. The number of fused-ring (bicyclic) bond motifs is 2. The van der Waals surface area contributed by atoms with Crippen LogP contribution in [0.3, 0.4) is 0 Å². The maximum atomic E-state index is 13.5. The first kappa shape index (κ1) is 30.4. The van der Waals surface area contributed by atoms with Crippen LogP contribution in [0, 0.1) is 6.92 Å². The number of ether oxygens (including phenoxy) is 6. The van der Waals surface area contributed by atoms with Crippen LogP contribution in [-0.2, 0) is 23.7 Å². The third-order valence-corrected chi connectivity index (χ3v) is 8.04. The van der Waals surface area contributed by atoms with E-state index in [1.54, 1.807) is 85.8 Å². The zero-order valence-electron chi connectivity index (χ0n) is 25.2. The van der Waals surface area contributed by atoms with Crippen molar-refractivity contribution in [1.82, 2.24) is 0 Å². The highest BCUT2D eigenvalue weighted by atomic mass is 16.8. The van der Waals surface area contributed by atoms with E-state index >= 15 is 0 Å². The second-order valence-electron chi connectivity index (χ2n) is 11.2.